The fourth-order valence-corrected chi connectivity index (χ4v) is 3.81. The van der Waals surface area contributed by atoms with E-state index in [9.17, 15) is 13.2 Å². The first-order valence-electron chi connectivity index (χ1n) is 8.90. The second-order valence-corrected chi connectivity index (χ2v) is 8.88. The molecule has 2 heterocycles. The predicted octanol–water partition coefficient (Wildman–Crippen LogP) is 2.61. The van der Waals surface area contributed by atoms with Crippen molar-refractivity contribution < 1.29 is 13.2 Å². The van der Waals surface area contributed by atoms with E-state index in [0.29, 0.717) is 17.0 Å². The van der Waals surface area contributed by atoms with Gasteiger partial charge in [-0.25, -0.2) is 18.4 Å². The van der Waals surface area contributed by atoms with Crippen LogP contribution in [0.2, 0.25) is 0 Å². The molecule has 1 amide bonds. The van der Waals surface area contributed by atoms with Crippen molar-refractivity contribution in [2.24, 2.45) is 0 Å². The van der Waals surface area contributed by atoms with Crippen molar-refractivity contribution in [2.45, 2.75) is 12.3 Å². The molecule has 9 heteroatoms. The van der Waals surface area contributed by atoms with E-state index < -0.39 is 9.84 Å². The minimum Gasteiger partial charge on any atom is -0.345 e. The number of rotatable bonds is 6. The zero-order valence-corrected chi connectivity index (χ0v) is 16.5. The zero-order chi connectivity index (χ0) is 20.4. The number of imidazole rings is 2. The number of H-pyrrole nitrogens is 1. The number of para-hydroxylation sites is 2. The Morgan fingerprint density at radius 2 is 1.90 bits per heavy atom. The molecule has 0 bridgehead atoms. The minimum absolute atomic E-state index is 0.0364. The summed E-state index contributed by atoms with van der Waals surface area (Å²) in [6, 6.07) is 14.6. The SMILES string of the molecule is CS(=O)(=O)Cc1nc2ccccc2n1CC(=O)Nc1ccc(-c2ncc[nH]2)cc1. The number of amides is 1. The van der Waals surface area contributed by atoms with Gasteiger partial charge in [-0.15, -0.1) is 0 Å². The molecule has 0 aliphatic rings. The van der Waals surface area contributed by atoms with Crippen molar-refractivity contribution in [3.05, 3.63) is 66.7 Å². The number of anilines is 1. The summed E-state index contributed by atoms with van der Waals surface area (Å²) < 4.78 is 25.2. The van der Waals surface area contributed by atoms with Crippen LogP contribution >= 0.6 is 0 Å². The molecule has 0 aliphatic heterocycles. The van der Waals surface area contributed by atoms with Gasteiger partial charge in [0.05, 0.1) is 11.0 Å². The largest absolute Gasteiger partial charge is 0.345 e. The number of sulfone groups is 1. The lowest BCUT2D eigenvalue weighted by Gasteiger charge is -2.10. The summed E-state index contributed by atoms with van der Waals surface area (Å²) in [5.41, 5.74) is 2.92. The van der Waals surface area contributed by atoms with Crippen LogP contribution in [0.25, 0.3) is 22.4 Å². The second-order valence-electron chi connectivity index (χ2n) is 6.74. The van der Waals surface area contributed by atoms with Gasteiger partial charge in [-0.05, 0) is 36.4 Å². The molecule has 4 aromatic rings. The quantitative estimate of drug-likeness (QED) is 0.509. The Morgan fingerprint density at radius 1 is 1.14 bits per heavy atom. The normalized spacial score (nSPS) is 11.6. The van der Waals surface area contributed by atoms with E-state index in [0.717, 1.165) is 23.2 Å². The van der Waals surface area contributed by atoms with Crippen molar-refractivity contribution >= 4 is 32.5 Å². The molecule has 2 aromatic carbocycles. The lowest BCUT2D eigenvalue weighted by molar-refractivity contribution is -0.116. The maximum absolute atomic E-state index is 12.6. The average molecular weight is 409 g/mol. The Balaban J connectivity index is 1.55. The highest BCUT2D eigenvalue weighted by Crippen LogP contribution is 2.20. The number of aromatic nitrogens is 4. The van der Waals surface area contributed by atoms with E-state index in [1.165, 1.54) is 0 Å². The zero-order valence-electron chi connectivity index (χ0n) is 15.7. The highest BCUT2D eigenvalue weighted by Gasteiger charge is 2.17. The van der Waals surface area contributed by atoms with E-state index in [1.54, 1.807) is 35.2 Å². The molecule has 0 spiro atoms. The molecule has 0 unspecified atom stereocenters. The molecule has 2 aromatic heterocycles. The van der Waals surface area contributed by atoms with Crippen LogP contribution in [0.3, 0.4) is 0 Å². The van der Waals surface area contributed by atoms with E-state index in [-0.39, 0.29) is 18.2 Å². The third-order valence-electron chi connectivity index (χ3n) is 4.37. The molecule has 0 aliphatic carbocycles. The molecule has 0 atom stereocenters. The summed E-state index contributed by atoms with van der Waals surface area (Å²) in [6.07, 6.45) is 4.57. The van der Waals surface area contributed by atoms with Gasteiger partial charge in [0.15, 0.2) is 9.84 Å². The van der Waals surface area contributed by atoms with Crippen molar-refractivity contribution in [1.29, 1.82) is 0 Å². The van der Waals surface area contributed by atoms with Gasteiger partial charge in [0, 0.05) is 29.9 Å². The van der Waals surface area contributed by atoms with Crippen LogP contribution in [-0.4, -0.2) is 40.1 Å². The molecule has 148 valence electrons. The van der Waals surface area contributed by atoms with Gasteiger partial charge in [-0.1, -0.05) is 12.1 Å². The van der Waals surface area contributed by atoms with Gasteiger partial charge < -0.3 is 14.9 Å². The fourth-order valence-electron chi connectivity index (χ4n) is 3.13. The Morgan fingerprint density at radius 3 is 2.59 bits per heavy atom. The lowest BCUT2D eigenvalue weighted by Crippen LogP contribution is -2.21. The molecular weight excluding hydrogens is 390 g/mol. The predicted molar refractivity (Wildman–Crippen MR) is 111 cm³/mol. The first-order valence-corrected chi connectivity index (χ1v) is 11.0. The number of aromatic amines is 1. The number of carbonyl (C=O) groups is 1. The van der Waals surface area contributed by atoms with E-state index in [1.807, 2.05) is 30.3 Å². The number of nitrogens with zero attached hydrogens (tertiary/aromatic N) is 3. The van der Waals surface area contributed by atoms with Crippen LogP contribution in [0.15, 0.2) is 60.9 Å². The Bertz CT molecular complexity index is 1260. The first kappa shape index (κ1) is 18.9. The van der Waals surface area contributed by atoms with Crippen molar-refractivity contribution in [2.75, 3.05) is 11.6 Å². The van der Waals surface area contributed by atoms with E-state index in [2.05, 4.69) is 20.3 Å². The standard InChI is InChI=1S/C20H19N5O3S/c1-29(27,28)13-18-24-16-4-2-3-5-17(16)25(18)12-19(26)23-15-8-6-14(7-9-15)20-21-10-11-22-20/h2-11H,12-13H2,1H3,(H,21,22)(H,23,26). The van der Waals surface area contributed by atoms with Crippen LogP contribution in [-0.2, 0) is 26.9 Å². The summed E-state index contributed by atoms with van der Waals surface area (Å²) in [5, 5.41) is 2.84. The summed E-state index contributed by atoms with van der Waals surface area (Å²) in [5.74, 6) is 0.594. The Kier molecular flexibility index (Phi) is 4.89. The fraction of sp³-hybridized carbons (Fsp3) is 0.150. The molecule has 29 heavy (non-hydrogen) atoms. The molecule has 8 nitrogen and oxygen atoms in total. The molecule has 4 rings (SSSR count). The lowest BCUT2D eigenvalue weighted by atomic mass is 10.2. The molecule has 2 N–H and O–H groups in total. The van der Waals surface area contributed by atoms with Crippen LogP contribution in [0.1, 0.15) is 5.82 Å². The van der Waals surface area contributed by atoms with Gasteiger partial charge >= 0.3 is 0 Å². The Hall–Kier alpha value is -3.46. The average Bonchev–Trinajstić information content (AvgIpc) is 3.30. The van der Waals surface area contributed by atoms with E-state index in [4.69, 9.17) is 0 Å². The van der Waals surface area contributed by atoms with Gasteiger partial charge in [0.25, 0.3) is 0 Å². The highest BCUT2D eigenvalue weighted by atomic mass is 32.2. The summed E-state index contributed by atoms with van der Waals surface area (Å²) in [4.78, 5) is 24.2. The monoisotopic (exact) mass is 409 g/mol. The third kappa shape index (κ3) is 4.35. The topological polar surface area (TPSA) is 110 Å². The summed E-state index contributed by atoms with van der Waals surface area (Å²) >= 11 is 0. The molecular formula is C20H19N5O3S. The van der Waals surface area contributed by atoms with Crippen LogP contribution in [0.4, 0.5) is 5.69 Å². The maximum atomic E-state index is 12.6. The number of hydrogen-bond acceptors (Lipinski definition) is 5. The van der Waals surface area contributed by atoms with E-state index >= 15 is 0 Å². The summed E-state index contributed by atoms with van der Waals surface area (Å²) in [6.45, 7) is -0.0364. The van der Waals surface area contributed by atoms with Crippen molar-refractivity contribution in [1.82, 2.24) is 19.5 Å². The Labute approximate surface area is 167 Å². The van der Waals surface area contributed by atoms with Gasteiger partial charge in [0.1, 0.15) is 23.9 Å². The first-order chi connectivity index (χ1) is 13.9. The number of carbonyl (C=O) groups excluding carboxylic acids is 1. The van der Waals surface area contributed by atoms with Gasteiger partial charge in [0.2, 0.25) is 5.91 Å². The summed E-state index contributed by atoms with van der Waals surface area (Å²) in [7, 11) is -3.29. The van der Waals surface area contributed by atoms with Crippen LogP contribution < -0.4 is 5.32 Å². The van der Waals surface area contributed by atoms with Crippen LogP contribution in [0, 0.1) is 0 Å². The second kappa shape index (κ2) is 7.51. The highest BCUT2D eigenvalue weighted by molar-refractivity contribution is 7.89. The molecule has 0 radical (unpaired) electrons. The number of nitrogens with one attached hydrogen (secondary N) is 2. The third-order valence-corrected chi connectivity index (χ3v) is 5.15. The number of hydrogen-bond donors (Lipinski definition) is 2. The van der Waals surface area contributed by atoms with Gasteiger partial charge in [-0.3, -0.25) is 4.79 Å². The van der Waals surface area contributed by atoms with Gasteiger partial charge in [-0.2, -0.15) is 0 Å². The smallest absolute Gasteiger partial charge is 0.244 e. The molecule has 0 saturated heterocycles. The maximum Gasteiger partial charge on any atom is 0.244 e. The number of fused-ring (bicyclic) bond motifs is 1. The van der Waals surface area contributed by atoms with Crippen molar-refractivity contribution in [3.8, 4) is 11.4 Å². The molecule has 0 saturated carbocycles. The van der Waals surface area contributed by atoms with Crippen LogP contribution in [0.5, 0.6) is 0 Å². The minimum atomic E-state index is -3.29. The number of benzene rings is 2. The van der Waals surface area contributed by atoms with Crippen molar-refractivity contribution in [3.63, 3.8) is 0 Å². The molecule has 0 fully saturated rings.